The van der Waals surface area contributed by atoms with Crippen molar-refractivity contribution in [1.82, 2.24) is 0 Å². The number of hydrogen-bond acceptors (Lipinski definition) is 1. The molecule has 0 unspecified atom stereocenters. The highest BCUT2D eigenvalue weighted by molar-refractivity contribution is 5.11. The second-order valence-corrected chi connectivity index (χ2v) is 1.72. The van der Waals surface area contributed by atoms with Gasteiger partial charge in [-0.15, -0.1) is 0 Å². The Morgan fingerprint density at radius 1 is 1.22 bits per heavy atom. The number of aliphatic hydroxyl groups is 1. The monoisotopic (exact) mass is 124 g/mol. The first-order valence-corrected chi connectivity index (χ1v) is 2.92. The van der Waals surface area contributed by atoms with Crippen molar-refractivity contribution in [2.45, 2.75) is 13.8 Å². The van der Waals surface area contributed by atoms with E-state index in [9.17, 15) is 0 Å². The average molecular weight is 124 g/mol. The lowest BCUT2D eigenvalue weighted by atomic mass is 10.4. The van der Waals surface area contributed by atoms with Crippen molar-refractivity contribution in [3.05, 3.63) is 36.1 Å². The van der Waals surface area contributed by atoms with Crippen molar-refractivity contribution in [2.24, 2.45) is 0 Å². The Bertz CT molecular complexity index is 137. The summed E-state index contributed by atoms with van der Waals surface area (Å²) in [4.78, 5) is 0. The molecule has 1 heteroatoms. The molecule has 0 atom stereocenters. The average Bonchev–Trinajstić information content (AvgIpc) is 1.80. The number of allylic oxidation sites excluding steroid dienone is 6. The van der Waals surface area contributed by atoms with E-state index in [0.29, 0.717) is 5.76 Å². The summed E-state index contributed by atoms with van der Waals surface area (Å²) >= 11 is 0. The van der Waals surface area contributed by atoms with Crippen molar-refractivity contribution >= 4 is 0 Å². The van der Waals surface area contributed by atoms with Crippen LogP contribution in [0.4, 0.5) is 0 Å². The normalized spacial score (nSPS) is 13.8. The highest BCUT2D eigenvalue weighted by atomic mass is 16.3. The fourth-order valence-corrected chi connectivity index (χ4v) is 0.370. The van der Waals surface area contributed by atoms with E-state index < -0.39 is 0 Å². The van der Waals surface area contributed by atoms with Crippen LogP contribution in [-0.4, -0.2) is 5.11 Å². The van der Waals surface area contributed by atoms with Crippen molar-refractivity contribution in [3.63, 3.8) is 0 Å². The predicted octanol–water partition coefficient (Wildman–Crippen LogP) is 2.58. The lowest BCUT2D eigenvalue weighted by molar-refractivity contribution is 0.414. The van der Waals surface area contributed by atoms with Gasteiger partial charge in [0.15, 0.2) is 0 Å². The lowest BCUT2D eigenvalue weighted by Gasteiger charge is -1.79. The van der Waals surface area contributed by atoms with E-state index in [2.05, 4.69) is 0 Å². The summed E-state index contributed by atoms with van der Waals surface area (Å²) in [6.07, 6.45) is 9.12. The van der Waals surface area contributed by atoms with Crippen LogP contribution in [0.2, 0.25) is 0 Å². The molecule has 0 amide bonds. The molecule has 0 saturated heterocycles. The first-order valence-electron chi connectivity index (χ1n) is 2.92. The third kappa shape index (κ3) is 7.02. The highest BCUT2D eigenvalue weighted by Crippen LogP contribution is 1.85. The SMILES string of the molecule is C/C=C/C=C\C=C(/C)O. The van der Waals surface area contributed by atoms with Crippen LogP contribution < -0.4 is 0 Å². The van der Waals surface area contributed by atoms with E-state index >= 15 is 0 Å². The lowest BCUT2D eigenvalue weighted by Crippen LogP contribution is -1.63. The maximum absolute atomic E-state index is 8.64. The van der Waals surface area contributed by atoms with Gasteiger partial charge in [0.1, 0.15) is 0 Å². The zero-order valence-corrected chi connectivity index (χ0v) is 5.83. The first-order chi connectivity index (χ1) is 4.27. The quantitative estimate of drug-likeness (QED) is 0.443. The molecule has 0 aliphatic heterocycles. The van der Waals surface area contributed by atoms with Gasteiger partial charge in [-0.1, -0.05) is 24.3 Å². The molecule has 1 N–H and O–H groups in total. The molecule has 0 aliphatic rings. The number of aliphatic hydroxyl groups excluding tert-OH is 1. The smallest absolute Gasteiger partial charge is 0.0891 e. The van der Waals surface area contributed by atoms with E-state index in [1.807, 2.05) is 25.2 Å². The maximum atomic E-state index is 8.64. The third-order valence-electron chi connectivity index (χ3n) is 0.752. The van der Waals surface area contributed by atoms with Gasteiger partial charge in [0.05, 0.1) is 5.76 Å². The molecule has 50 valence electrons. The Labute approximate surface area is 56.0 Å². The molecule has 0 rings (SSSR count). The molecule has 0 aliphatic carbocycles. The molecule has 0 aromatic carbocycles. The molecule has 0 fully saturated rings. The van der Waals surface area contributed by atoms with E-state index in [1.165, 1.54) is 0 Å². The topological polar surface area (TPSA) is 20.2 Å². The molecule has 0 spiro atoms. The Kier molecular flexibility index (Phi) is 4.60. The fourth-order valence-electron chi connectivity index (χ4n) is 0.370. The molecule has 0 radical (unpaired) electrons. The van der Waals surface area contributed by atoms with Crippen LogP contribution in [0.15, 0.2) is 36.1 Å². The summed E-state index contributed by atoms with van der Waals surface area (Å²) in [5.41, 5.74) is 0. The van der Waals surface area contributed by atoms with E-state index in [-0.39, 0.29) is 0 Å². The number of rotatable bonds is 2. The van der Waals surface area contributed by atoms with Crippen molar-refractivity contribution in [3.8, 4) is 0 Å². The van der Waals surface area contributed by atoms with Gasteiger partial charge in [-0.25, -0.2) is 0 Å². The fraction of sp³-hybridized carbons (Fsp3) is 0.250. The largest absolute Gasteiger partial charge is 0.513 e. The second-order valence-electron chi connectivity index (χ2n) is 1.72. The summed E-state index contributed by atoms with van der Waals surface area (Å²) in [5, 5.41) is 8.64. The Balaban J connectivity index is 3.60. The van der Waals surface area contributed by atoms with Crippen LogP contribution in [0, 0.1) is 0 Å². The molecule has 0 bridgehead atoms. The van der Waals surface area contributed by atoms with Crippen LogP contribution in [0.25, 0.3) is 0 Å². The maximum Gasteiger partial charge on any atom is 0.0891 e. The van der Waals surface area contributed by atoms with Crippen molar-refractivity contribution in [2.75, 3.05) is 0 Å². The molecule has 0 saturated carbocycles. The van der Waals surface area contributed by atoms with Gasteiger partial charge in [-0.2, -0.15) is 0 Å². The van der Waals surface area contributed by atoms with Crippen molar-refractivity contribution < 1.29 is 5.11 Å². The van der Waals surface area contributed by atoms with E-state index in [1.54, 1.807) is 19.1 Å². The van der Waals surface area contributed by atoms with Crippen LogP contribution in [0.5, 0.6) is 0 Å². The van der Waals surface area contributed by atoms with Crippen molar-refractivity contribution in [1.29, 1.82) is 0 Å². The summed E-state index contributed by atoms with van der Waals surface area (Å²) in [7, 11) is 0. The minimum Gasteiger partial charge on any atom is -0.513 e. The Hall–Kier alpha value is -0.980. The molecule has 9 heavy (non-hydrogen) atoms. The van der Waals surface area contributed by atoms with Gasteiger partial charge in [-0.05, 0) is 19.9 Å². The summed E-state index contributed by atoms with van der Waals surface area (Å²) in [6.45, 7) is 3.58. The highest BCUT2D eigenvalue weighted by Gasteiger charge is 1.69. The van der Waals surface area contributed by atoms with Crippen LogP contribution >= 0.6 is 0 Å². The van der Waals surface area contributed by atoms with Gasteiger partial charge < -0.3 is 5.11 Å². The first kappa shape index (κ1) is 8.02. The zero-order valence-electron chi connectivity index (χ0n) is 5.83. The van der Waals surface area contributed by atoms with E-state index in [4.69, 9.17) is 5.11 Å². The predicted molar refractivity (Wildman–Crippen MR) is 40.3 cm³/mol. The summed E-state index contributed by atoms with van der Waals surface area (Å²) in [5.74, 6) is 0.329. The zero-order chi connectivity index (χ0) is 7.11. The van der Waals surface area contributed by atoms with Crippen LogP contribution in [0.3, 0.4) is 0 Å². The summed E-state index contributed by atoms with van der Waals surface area (Å²) in [6, 6.07) is 0. The molecule has 0 aromatic rings. The van der Waals surface area contributed by atoms with Crippen LogP contribution in [0.1, 0.15) is 13.8 Å². The standard InChI is InChI=1S/C8H12O/c1-3-4-5-6-7-8(2)9/h3-7,9H,1-2H3/b4-3+,6-5-,8-7+. The number of hydrogen-bond donors (Lipinski definition) is 1. The molecule has 0 heterocycles. The van der Waals surface area contributed by atoms with Gasteiger partial charge >= 0.3 is 0 Å². The molecule has 1 nitrogen and oxygen atoms in total. The molecular formula is C8H12O. The Morgan fingerprint density at radius 2 is 1.89 bits per heavy atom. The third-order valence-corrected chi connectivity index (χ3v) is 0.752. The molecule has 0 aromatic heterocycles. The minimum absolute atomic E-state index is 0.329. The van der Waals surface area contributed by atoms with Gasteiger partial charge in [-0.3, -0.25) is 0 Å². The van der Waals surface area contributed by atoms with Gasteiger partial charge in [0.25, 0.3) is 0 Å². The van der Waals surface area contributed by atoms with Gasteiger partial charge in [0, 0.05) is 0 Å². The van der Waals surface area contributed by atoms with E-state index in [0.717, 1.165) is 0 Å². The van der Waals surface area contributed by atoms with Crippen LogP contribution in [-0.2, 0) is 0 Å². The van der Waals surface area contributed by atoms with Gasteiger partial charge in [0.2, 0.25) is 0 Å². The molecular weight excluding hydrogens is 112 g/mol. The minimum atomic E-state index is 0.329. The Morgan fingerprint density at radius 3 is 2.33 bits per heavy atom. The second kappa shape index (κ2) is 5.16. The summed E-state index contributed by atoms with van der Waals surface area (Å²) < 4.78 is 0.